The zero-order chi connectivity index (χ0) is 16.5. The summed E-state index contributed by atoms with van der Waals surface area (Å²) in [6.45, 7) is 2.08. The number of aromatic nitrogens is 5. The lowest BCUT2D eigenvalue weighted by Gasteiger charge is -2.07. The Balaban J connectivity index is 1.75. The Kier molecular flexibility index (Phi) is 3.58. The molecule has 4 aromatic rings. The first-order valence-electron chi connectivity index (χ1n) is 7.45. The van der Waals surface area contributed by atoms with Gasteiger partial charge in [-0.3, -0.25) is 0 Å². The van der Waals surface area contributed by atoms with Crippen LogP contribution in [0.5, 0.6) is 0 Å². The predicted molar refractivity (Wildman–Crippen MR) is 91.8 cm³/mol. The molecular weight excluding hydrogens is 324 g/mol. The van der Waals surface area contributed by atoms with Gasteiger partial charge in [-0.15, -0.1) is 16.4 Å². The summed E-state index contributed by atoms with van der Waals surface area (Å²) in [6, 6.07) is 11.8. The molecule has 3 aromatic heterocycles. The predicted octanol–water partition coefficient (Wildman–Crippen LogP) is 3.19. The molecule has 0 unspecified atom stereocenters. The number of nitrogens with two attached hydrogens (primary N) is 1. The molecule has 0 spiro atoms. The van der Waals surface area contributed by atoms with Crippen LogP contribution < -0.4 is 5.73 Å². The van der Waals surface area contributed by atoms with E-state index in [-0.39, 0.29) is 5.89 Å². The summed E-state index contributed by atoms with van der Waals surface area (Å²) in [6.07, 6.45) is 0.869. The molecule has 0 aliphatic heterocycles. The van der Waals surface area contributed by atoms with Crippen molar-refractivity contribution in [2.75, 3.05) is 5.73 Å². The Morgan fingerprint density at radius 2 is 2.08 bits per heavy atom. The summed E-state index contributed by atoms with van der Waals surface area (Å²) < 4.78 is 6.91. The van der Waals surface area contributed by atoms with Crippen LogP contribution in [0.25, 0.3) is 28.0 Å². The van der Waals surface area contributed by atoms with Gasteiger partial charge in [-0.05, 0) is 29.5 Å². The molecule has 8 heteroatoms. The molecule has 7 nitrogen and oxygen atoms in total. The molecule has 0 saturated carbocycles. The number of aryl methyl sites for hydroxylation is 1. The molecule has 0 saturated heterocycles. The van der Waals surface area contributed by atoms with Crippen molar-refractivity contribution in [3.63, 3.8) is 0 Å². The van der Waals surface area contributed by atoms with Crippen LogP contribution in [0.1, 0.15) is 12.5 Å². The van der Waals surface area contributed by atoms with Crippen LogP contribution >= 0.6 is 11.3 Å². The summed E-state index contributed by atoms with van der Waals surface area (Å²) in [5.41, 5.74) is 8.64. The zero-order valence-corrected chi connectivity index (χ0v) is 13.7. The van der Waals surface area contributed by atoms with Crippen LogP contribution in [0, 0.1) is 0 Å². The second kappa shape index (κ2) is 5.89. The van der Waals surface area contributed by atoms with E-state index in [2.05, 4.69) is 27.4 Å². The van der Waals surface area contributed by atoms with Gasteiger partial charge in [0, 0.05) is 0 Å². The standard InChI is InChI=1S/C16H14N6OS/c1-2-10-6-3-4-7-11(10)22-14(17)13(19-21-22)16-18-15(20-23-16)12-8-5-9-24-12/h3-9H,2,17H2,1H3. The number of thiophene rings is 1. The van der Waals surface area contributed by atoms with E-state index in [1.807, 2.05) is 41.8 Å². The highest BCUT2D eigenvalue weighted by Gasteiger charge is 2.20. The second-order valence-corrected chi connectivity index (χ2v) is 6.07. The van der Waals surface area contributed by atoms with Crippen molar-refractivity contribution in [2.45, 2.75) is 13.3 Å². The van der Waals surface area contributed by atoms with Crippen molar-refractivity contribution in [3.05, 3.63) is 47.3 Å². The highest BCUT2D eigenvalue weighted by molar-refractivity contribution is 7.13. The summed E-state index contributed by atoms with van der Waals surface area (Å²) in [5, 5.41) is 14.2. The van der Waals surface area contributed by atoms with Gasteiger partial charge in [0.05, 0.1) is 10.6 Å². The molecule has 3 heterocycles. The maximum absolute atomic E-state index is 6.23. The van der Waals surface area contributed by atoms with Crippen molar-refractivity contribution < 1.29 is 4.52 Å². The topological polar surface area (TPSA) is 95.6 Å². The third-order valence-corrected chi connectivity index (χ3v) is 4.54. The summed E-state index contributed by atoms with van der Waals surface area (Å²) in [5.74, 6) is 1.15. The monoisotopic (exact) mass is 338 g/mol. The number of para-hydroxylation sites is 1. The van der Waals surface area contributed by atoms with E-state index in [1.165, 1.54) is 11.3 Å². The largest absolute Gasteiger partial charge is 0.382 e. The van der Waals surface area contributed by atoms with Crippen LogP contribution in [0.3, 0.4) is 0 Å². The number of benzene rings is 1. The van der Waals surface area contributed by atoms with E-state index in [9.17, 15) is 0 Å². The highest BCUT2D eigenvalue weighted by Crippen LogP contribution is 2.28. The average Bonchev–Trinajstić information content (AvgIpc) is 3.34. The maximum atomic E-state index is 6.23. The lowest BCUT2D eigenvalue weighted by atomic mass is 10.1. The lowest BCUT2D eigenvalue weighted by Crippen LogP contribution is -2.05. The second-order valence-electron chi connectivity index (χ2n) is 5.12. The van der Waals surface area contributed by atoms with Gasteiger partial charge >= 0.3 is 0 Å². The van der Waals surface area contributed by atoms with Crippen molar-refractivity contribution in [3.8, 4) is 28.0 Å². The Morgan fingerprint density at radius 1 is 1.21 bits per heavy atom. The average molecular weight is 338 g/mol. The maximum Gasteiger partial charge on any atom is 0.282 e. The SMILES string of the molecule is CCc1ccccc1-n1nnc(-c2nc(-c3cccs3)no2)c1N. The zero-order valence-electron chi connectivity index (χ0n) is 12.9. The number of hydrogen-bond acceptors (Lipinski definition) is 7. The van der Waals surface area contributed by atoms with Crippen LogP contribution in [-0.4, -0.2) is 25.1 Å². The quantitative estimate of drug-likeness (QED) is 0.614. The van der Waals surface area contributed by atoms with Crippen molar-refractivity contribution in [1.82, 2.24) is 25.1 Å². The lowest BCUT2D eigenvalue weighted by molar-refractivity contribution is 0.431. The Hall–Kier alpha value is -3.00. The molecule has 0 fully saturated rings. The number of nitrogen functional groups attached to an aromatic ring is 1. The van der Waals surface area contributed by atoms with Crippen LogP contribution in [0.4, 0.5) is 5.82 Å². The summed E-state index contributed by atoms with van der Waals surface area (Å²) >= 11 is 1.54. The third kappa shape index (κ3) is 2.37. The fourth-order valence-electron chi connectivity index (χ4n) is 2.46. The minimum Gasteiger partial charge on any atom is -0.382 e. The smallest absolute Gasteiger partial charge is 0.282 e. The normalized spacial score (nSPS) is 11.0. The number of nitrogens with zero attached hydrogens (tertiary/aromatic N) is 5. The molecule has 0 radical (unpaired) electrons. The Morgan fingerprint density at radius 3 is 2.88 bits per heavy atom. The molecule has 0 atom stereocenters. The Bertz CT molecular complexity index is 972. The van der Waals surface area contributed by atoms with Gasteiger partial charge in [-0.1, -0.05) is 41.6 Å². The number of hydrogen-bond donors (Lipinski definition) is 1. The third-order valence-electron chi connectivity index (χ3n) is 3.68. The van der Waals surface area contributed by atoms with Gasteiger partial charge in [-0.25, -0.2) is 0 Å². The first-order valence-corrected chi connectivity index (χ1v) is 8.33. The van der Waals surface area contributed by atoms with E-state index in [4.69, 9.17) is 10.3 Å². The van der Waals surface area contributed by atoms with E-state index in [0.717, 1.165) is 22.5 Å². The summed E-state index contributed by atoms with van der Waals surface area (Å²) in [4.78, 5) is 5.29. The van der Waals surface area contributed by atoms with Crippen molar-refractivity contribution >= 4 is 17.2 Å². The van der Waals surface area contributed by atoms with Gasteiger partial charge in [0.15, 0.2) is 11.5 Å². The van der Waals surface area contributed by atoms with Crippen molar-refractivity contribution in [1.29, 1.82) is 0 Å². The van der Waals surface area contributed by atoms with Gasteiger partial charge in [0.25, 0.3) is 5.89 Å². The van der Waals surface area contributed by atoms with Crippen LogP contribution in [0.2, 0.25) is 0 Å². The number of anilines is 1. The summed E-state index contributed by atoms with van der Waals surface area (Å²) in [7, 11) is 0. The first-order chi connectivity index (χ1) is 11.8. The molecule has 0 aliphatic carbocycles. The molecule has 24 heavy (non-hydrogen) atoms. The molecule has 2 N–H and O–H groups in total. The fraction of sp³-hybridized carbons (Fsp3) is 0.125. The minimum atomic E-state index is 0.260. The first kappa shape index (κ1) is 14.6. The van der Waals surface area contributed by atoms with Crippen LogP contribution in [-0.2, 0) is 6.42 Å². The van der Waals surface area contributed by atoms with Crippen LogP contribution in [0.15, 0.2) is 46.3 Å². The molecule has 0 bridgehead atoms. The van der Waals surface area contributed by atoms with E-state index < -0.39 is 0 Å². The van der Waals surface area contributed by atoms with Gasteiger partial charge in [0.1, 0.15) is 0 Å². The van der Waals surface area contributed by atoms with E-state index >= 15 is 0 Å². The molecule has 1 aromatic carbocycles. The number of rotatable bonds is 4. The molecule has 0 amide bonds. The van der Waals surface area contributed by atoms with E-state index in [0.29, 0.717) is 17.3 Å². The van der Waals surface area contributed by atoms with E-state index in [1.54, 1.807) is 4.68 Å². The Labute approximate surface area is 141 Å². The minimum absolute atomic E-state index is 0.260. The van der Waals surface area contributed by atoms with Gasteiger partial charge in [0.2, 0.25) is 5.82 Å². The van der Waals surface area contributed by atoms with Gasteiger partial charge in [-0.2, -0.15) is 9.67 Å². The molecule has 4 rings (SSSR count). The molecule has 120 valence electrons. The highest BCUT2D eigenvalue weighted by atomic mass is 32.1. The molecule has 0 aliphatic rings. The van der Waals surface area contributed by atoms with Crippen molar-refractivity contribution in [2.24, 2.45) is 0 Å². The molecular formula is C16H14N6OS. The fourth-order valence-corrected chi connectivity index (χ4v) is 3.11. The van der Waals surface area contributed by atoms with Gasteiger partial charge < -0.3 is 10.3 Å².